The van der Waals surface area contributed by atoms with E-state index in [4.69, 9.17) is 14.2 Å². The first-order chi connectivity index (χ1) is 13.7. The van der Waals surface area contributed by atoms with E-state index in [1.807, 2.05) is 6.92 Å². The molecule has 156 valence electrons. The Kier molecular flexibility index (Phi) is 8.54. The molecule has 0 saturated carbocycles. The minimum Gasteiger partial charge on any atom is -0.489 e. The average Bonchev–Trinajstić information content (AvgIpc) is 3.12. The number of halogens is 1. The molecule has 0 amide bonds. The fourth-order valence-corrected chi connectivity index (χ4v) is 3.43. The molecule has 1 atom stereocenters. The van der Waals surface area contributed by atoms with Gasteiger partial charge in [0.1, 0.15) is 18.2 Å². The molecule has 28 heavy (non-hydrogen) atoms. The Morgan fingerprint density at radius 3 is 2.71 bits per heavy atom. The number of hydrogen-bond acceptors (Lipinski definition) is 6. The highest BCUT2D eigenvalue weighted by Gasteiger charge is 2.24. The van der Waals surface area contributed by atoms with Crippen molar-refractivity contribution in [2.45, 2.75) is 25.8 Å². The highest BCUT2D eigenvalue weighted by molar-refractivity contribution is 5.24. The third kappa shape index (κ3) is 6.74. The number of rotatable bonds is 11. The number of nitrogens with zero attached hydrogens (tertiary/aromatic N) is 2. The van der Waals surface area contributed by atoms with E-state index in [1.165, 1.54) is 17.7 Å². The van der Waals surface area contributed by atoms with Crippen LogP contribution >= 0.6 is 0 Å². The van der Waals surface area contributed by atoms with Crippen molar-refractivity contribution >= 4 is 0 Å². The van der Waals surface area contributed by atoms with Crippen molar-refractivity contribution in [3.05, 3.63) is 41.9 Å². The number of hydrogen-bond donors (Lipinski definition) is 1. The summed E-state index contributed by atoms with van der Waals surface area (Å²) in [5.41, 5.74) is 4.80. The molecule has 1 aromatic rings. The van der Waals surface area contributed by atoms with Crippen LogP contribution in [0.5, 0.6) is 5.75 Å². The number of ether oxygens (including phenoxy) is 3. The zero-order valence-electron chi connectivity index (χ0n) is 16.7. The molecular weight excluding hydrogens is 361 g/mol. The molecule has 0 radical (unpaired) electrons. The minimum atomic E-state index is -0.253. The maximum atomic E-state index is 13.1. The van der Waals surface area contributed by atoms with Gasteiger partial charge in [0.25, 0.3) is 0 Å². The van der Waals surface area contributed by atoms with Crippen LogP contribution in [0.25, 0.3) is 0 Å². The van der Waals surface area contributed by atoms with Crippen molar-refractivity contribution in [2.24, 2.45) is 0 Å². The van der Waals surface area contributed by atoms with Gasteiger partial charge in [-0.2, -0.15) is 0 Å². The summed E-state index contributed by atoms with van der Waals surface area (Å²) in [4.78, 5) is 2.43. The van der Waals surface area contributed by atoms with Crippen LogP contribution in [0, 0.1) is 5.82 Å². The Morgan fingerprint density at radius 1 is 1.18 bits per heavy atom. The van der Waals surface area contributed by atoms with Crippen molar-refractivity contribution in [1.29, 1.82) is 0 Å². The summed E-state index contributed by atoms with van der Waals surface area (Å²) in [5, 5.41) is 2.17. The second-order valence-corrected chi connectivity index (χ2v) is 7.11. The molecule has 7 heteroatoms. The minimum absolute atomic E-state index is 0.241. The van der Waals surface area contributed by atoms with Crippen molar-refractivity contribution in [3.63, 3.8) is 0 Å². The molecule has 0 bridgehead atoms. The molecule has 3 rings (SSSR count). The lowest BCUT2D eigenvalue weighted by Crippen LogP contribution is -2.44. The van der Waals surface area contributed by atoms with Crippen molar-refractivity contribution < 1.29 is 18.6 Å². The molecule has 1 unspecified atom stereocenters. The van der Waals surface area contributed by atoms with E-state index in [-0.39, 0.29) is 11.9 Å². The lowest BCUT2D eigenvalue weighted by atomic mass is 10.1. The summed E-state index contributed by atoms with van der Waals surface area (Å²) in [6, 6.07) is 6.41. The lowest BCUT2D eigenvalue weighted by molar-refractivity contribution is 0.0335. The molecule has 0 spiro atoms. The summed E-state index contributed by atoms with van der Waals surface area (Å²) in [6.07, 6.45) is 4.15. The number of morpholine rings is 1. The maximum Gasteiger partial charge on any atom is 0.123 e. The van der Waals surface area contributed by atoms with Gasteiger partial charge < -0.3 is 19.2 Å². The van der Waals surface area contributed by atoms with Gasteiger partial charge in [0.15, 0.2) is 0 Å². The van der Waals surface area contributed by atoms with E-state index in [0.29, 0.717) is 12.4 Å². The predicted octanol–water partition coefficient (Wildman–Crippen LogP) is 2.43. The first-order valence-corrected chi connectivity index (χ1v) is 10.2. The van der Waals surface area contributed by atoms with Crippen LogP contribution in [0.15, 0.2) is 36.0 Å². The monoisotopic (exact) mass is 393 g/mol. The Labute approximate surface area is 167 Å². The van der Waals surface area contributed by atoms with Crippen molar-refractivity contribution in [3.8, 4) is 5.75 Å². The topological polar surface area (TPSA) is 46.2 Å². The van der Waals surface area contributed by atoms with E-state index in [0.717, 1.165) is 65.4 Å². The summed E-state index contributed by atoms with van der Waals surface area (Å²) >= 11 is 0. The second kappa shape index (κ2) is 11.4. The number of nitrogens with one attached hydrogen (secondary N) is 1. The fraction of sp³-hybridized carbons (Fsp3) is 0.619. The predicted molar refractivity (Wildman–Crippen MR) is 107 cm³/mol. The molecule has 1 N–H and O–H groups in total. The molecule has 1 aromatic carbocycles. The quantitative estimate of drug-likeness (QED) is 0.583. The van der Waals surface area contributed by atoms with E-state index in [9.17, 15) is 4.39 Å². The normalized spacial score (nSPS) is 20.4. The van der Waals surface area contributed by atoms with Crippen LogP contribution in [-0.2, 0) is 9.47 Å². The van der Waals surface area contributed by atoms with Crippen LogP contribution in [0.1, 0.15) is 19.8 Å². The summed E-state index contributed by atoms with van der Waals surface area (Å²) in [6.45, 7) is 9.59. The Hall–Kier alpha value is -1.67. The third-order valence-corrected chi connectivity index (χ3v) is 5.06. The van der Waals surface area contributed by atoms with Gasteiger partial charge >= 0.3 is 0 Å². The van der Waals surface area contributed by atoms with Gasteiger partial charge in [-0.15, -0.1) is 0 Å². The van der Waals surface area contributed by atoms with Crippen LogP contribution < -0.4 is 10.2 Å². The van der Waals surface area contributed by atoms with E-state index in [2.05, 4.69) is 21.5 Å². The first kappa shape index (κ1) is 21.0. The van der Waals surface area contributed by atoms with Gasteiger partial charge in [-0.05, 0) is 44.0 Å². The average molecular weight is 394 g/mol. The van der Waals surface area contributed by atoms with E-state index in [1.54, 1.807) is 12.1 Å². The van der Waals surface area contributed by atoms with Crippen molar-refractivity contribution in [2.75, 3.05) is 59.2 Å². The molecular formula is C21H32FN3O3. The molecule has 2 aliphatic heterocycles. The lowest BCUT2D eigenvalue weighted by Gasteiger charge is -2.29. The number of hydrazine groups is 1. The van der Waals surface area contributed by atoms with Gasteiger partial charge in [0.2, 0.25) is 0 Å². The number of benzene rings is 1. The molecule has 1 fully saturated rings. The maximum absolute atomic E-state index is 13.1. The summed E-state index contributed by atoms with van der Waals surface area (Å²) in [7, 11) is 0. The molecule has 1 saturated heterocycles. The Bertz CT molecular complexity index is 605. The zero-order chi connectivity index (χ0) is 19.6. The van der Waals surface area contributed by atoms with Crippen LogP contribution in [0.2, 0.25) is 0 Å². The van der Waals surface area contributed by atoms with Gasteiger partial charge in [0.05, 0.1) is 19.3 Å². The Morgan fingerprint density at radius 2 is 1.96 bits per heavy atom. The Balaban J connectivity index is 1.51. The standard InChI is InChI=1S/C21H32FN3O3/c1-2-26-13-3-4-21-18(17-28-20-7-5-19(22)6-8-20)16-25(23-21)10-9-24-11-14-27-15-12-24/h5-8,16,21,23H,2-4,9-15,17H2,1H3. The van der Waals surface area contributed by atoms with Crippen LogP contribution in [0.4, 0.5) is 4.39 Å². The van der Waals surface area contributed by atoms with Gasteiger partial charge in [-0.25, -0.2) is 9.82 Å². The van der Waals surface area contributed by atoms with E-state index < -0.39 is 0 Å². The molecule has 2 heterocycles. The SMILES string of the molecule is CCOCCCC1NN(CCN2CCOCC2)C=C1COc1ccc(F)cc1. The third-order valence-electron chi connectivity index (χ3n) is 5.06. The first-order valence-electron chi connectivity index (χ1n) is 10.2. The van der Waals surface area contributed by atoms with E-state index >= 15 is 0 Å². The van der Waals surface area contributed by atoms with Gasteiger partial charge in [-0.1, -0.05) is 0 Å². The smallest absolute Gasteiger partial charge is 0.123 e. The summed E-state index contributed by atoms with van der Waals surface area (Å²) in [5.74, 6) is 0.430. The molecule has 2 aliphatic rings. The highest BCUT2D eigenvalue weighted by Crippen LogP contribution is 2.20. The largest absolute Gasteiger partial charge is 0.489 e. The summed E-state index contributed by atoms with van der Waals surface area (Å²) < 4.78 is 29.9. The van der Waals surface area contributed by atoms with Crippen LogP contribution in [0.3, 0.4) is 0 Å². The van der Waals surface area contributed by atoms with Gasteiger partial charge in [-0.3, -0.25) is 4.90 Å². The molecule has 6 nitrogen and oxygen atoms in total. The van der Waals surface area contributed by atoms with Crippen molar-refractivity contribution in [1.82, 2.24) is 15.3 Å². The molecule has 0 aromatic heterocycles. The van der Waals surface area contributed by atoms with Crippen LogP contribution in [-0.4, -0.2) is 75.2 Å². The zero-order valence-corrected chi connectivity index (χ0v) is 16.7. The van der Waals surface area contributed by atoms with Gasteiger partial charge in [0, 0.05) is 51.2 Å². The fourth-order valence-electron chi connectivity index (χ4n) is 3.43. The molecule has 0 aliphatic carbocycles. The highest BCUT2D eigenvalue weighted by atomic mass is 19.1. The second-order valence-electron chi connectivity index (χ2n) is 7.11.